The largest absolute Gasteiger partial charge is 0.334 e. The van der Waals surface area contributed by atoms with Crippen LogP contribution in [-0.2, 0) is 13.0 Å². The topological polar surface area (TPSA) is 36.4 Å². The number of amides is 1. The first kappa shape index (κ1) is 17.7. The maximum absolute atomic E-state index is 13.1. The summed E-state index contributed by atoms with van der Waals surface area (Å²) < 4.78 is 0. The molecule has 5 heteroatoms. The number of hydrogen-bond acceptors (Lipinski definition) is 4. The molecule has 26 heavy (non-hydrogen) atoms. The van der Waals surface area contributed by atoms with E-state index in [9.17, 15) is 4.79 Å². The second-order valence-electron chi connectivity index (χ2n) is 7.66. The van der Waals surface area contributed by atoms with Crippen LogP contribution >= 0.6 is 11.3 Å². The zero-order chi connectivity index (χ0) is 17.9. The number of nitrogens with zero attached hydrogens (tertiary/aromatic N) is 3. The minimum absolute atomic E-state index is 0.240. The maximum atomic E-state index is 13.1. The summed E-state index contributed by atoms with van der Waals surface area (Å²) in [5.41, 5.74) is 2.20. The first-order valence-corrected chi connectivity index (χ1v) is 10.6. The molecule has 3 aliphatic heterocycles. The summed E-state index contributed by atoms with van der Waals surface area (Å²) in [6.45, 7) is 6.13. The molecule has 2 aromatic rings. The number of fused-ring (bicyclic) bond motifs is 4. The van der Waals surface area contributed by atoms with Crippen LogP contribution in [0.2, 0.25) is 0 Å². The fraction of sp³-hybridized carbons (Fsp3) is 0.524. The third-order valence-corrected chi connectivity index (χ3v) is 6.60. The Morgan fingerprint density at radius 3 is 2.88 bits per heavy atom. The number of carbonyl (C=O) groups is 1. The number of pyridine rings is 1. The number of carbonyl (C=O) groups excluding carboxylic acids is 1. The molecule has 0 spiro atoms. The number of piperidine rings is 1. The first-order valence-electron chi connectivity index (χ1n) is 9.72. The molecule has 5 rings (SSSR count). The molecule has 0 N–H and O–H groups in total. The Labute approximate surface area is 159 Å². The summed E-state index contributed by atoms with van der Waals surface area (Å²) in [6, 6.07) is 6.65. The molecule has 138 valence electrons. The molecule has 3 fully saturated rings. The average molecular weight is 370 g/mol. The quantitative estimate of drug-likeness (QED) is 0.804. The smallest absolute Gasteiger partial charge is 0.255 e. The van der Waals surface area contributed by atoms with E-state index in [1.165, 1.54) is 16.9 Å². The van der Waals surface area contributed by atoms with Gasteiger partial charge in [-0.2, -0.15) is 0 Å². The van der Waals surface area contributed by atoms with Crippen molar-refractivity contribution >= 4 is 17.2 Å². The Kier molecular flexibility index (Phi) is 5.36. The van der Waals surface area contributed by atoms with Crippen molar-refractivity contribution in [3.05, 3.63) is 52.0 Å². The maximum Gasteiger partial charge on any atom is 0.255 e. The van der Waals surface area contributed by atoms with Gasteiger partial charge in [-0.3, -0.25) is 14.7 Å². The van der Waals surface area contributed by atoms with E-state index in [0.29, 0.717) is 12.0 Å². The highest BCUT2D eigenvalue weighted by Crippen LogP contribution is 2.30. The number of hydrogen-bond donors (Lipinski definition) is 0. The fourth-order valence-corrected chi connectivity index (χ4v) is 5.30. The van der Waals surface area contributed by atoms with Crippen molar-refractivity contribution in [1.82, 2.24) is 14.8 Å². The lowest BCUT2D eigenvalue weighted by Gasteiger charge is -2.36. The Hall–Kier alpha value is -1.72. The van der Waals surface area contributed by atoms with Crippen molar-refractivity contribution in [2.75, 3.05) is 19.6 Å². The molecule has 5 heterocycles. The van der Waals surface area contributed by atoms with Gasteiger partial charge in [-0.15, -0.1) is 11.3 Å². The van der Waals surface area contributed by atoms with Crippen molar-refractivity contribution in [3.8, 4) is 0 Å². The number of aromatic nitrogens is 1. The van der Waals surface area contributed by atoms with Gasteiger partial charge in [-0.1, -0.05) is 13.3 Å². The van der Waals surface area contributed by atoms with Gasteiger partial charge >= 0.3 is 0 Å². The molecule has 0 aromatic carbocycles. The Balaban J connectivity index is 1.46. The average Bonchev–Trinajstić information content (AvgIpc) is 2.95. The molecule has 3 aliphatic rings. The summed E-state index contributed by atoms with van der Waals surface area (Å²) in [4.78, 5) is 23.3. The van der Waals surface area contributed by atoms with Crippen LogP contribution in [0.4, 0.5) is 0 Å². The van der Waals surface area contributed by atoms with Crippen LogP contribution in [0.5, 0.6) is 0 Å². The Morgan fingerprint density at radius 2 is 2.08 bits per heavy atom. The van der Waals surface area contributed by atoms with Gasteiger partial charge in [-0.25, -0.2) is 0 Å². The predicted molar refractivity (Wildman–Crippen MR) is 105 cm³/mol. The van der Waals surface area contributed by atoms with Crippen LogP contribution in [0.3, 0.4) is 0 Å². The van der Waals surface area contributed by atoms with Gasteiger partial charge in [0.15, 0.2) is 0 Å². The second kappa shape index (κ2) is 7.89. The zero-order valence-corrected chi connectivity index (χ0v) is 16.3. The summed E-state index contributed by atoms with van der Waals surface area (Å²) in [7, 11) is 0. The van der Waals surface area contributed by atoms with E-state index in [4.69, 9.17) is 0 Å². The first-order chi connectivity index (χ1) is 12.7. The van der Waals surface area contributed by atoms with Crippen molar-refractivity contribution in [2.45, 2.75) is 45.2 Å². The van der Waals surface area contributed by atoms with E-state index in [1.54, 1.807) is 11.3 Å². The van der Waals surface area contributed by atoms with Crippen molar-refractivity contribution < 1.29 is 4.79 Å². The summed E-state index contributed by atoms with van der Waals surface area (Å²) in [5.74, 6) is 0.831. The van der Waals surface area contributed by atoms with E-state index in [2.05, 4.69) is 45.3 Å². The standard InChI is InChI=1S/C21H27N3OS/c1-2-3-20-10-18(15-26-20)21(25)24-13-17-4-5-19(24)14-23(12-17)11-16-6-8-22-9-7-16/h6-10,15,17,19H,2-5,11-14H2,1H3/t17-,19+/m0/s1. The van der Waals surface area contributed by atoms with E-state index in [1.807, 2.05) is 12.4 Å². The molecule has 1 amide bonds. The molecular weight excluding hydrogens is 342 g/mol. The van der Waals surface area contributed by atoms with Gasteiger partial charge in [0, 0.05) is 54.9 Å². The van der Waals surface area contributed by atoms with E-state index in [-0.39, 0.29) is 5.91 Å². The van der Waals surface area contributed by atoms with Gasteiger partial charge in [-0.05, 0) is 48.9 Å². The molecule has 2 atom stereocenters. The SMILES string of the molecule is CCCc1cc(C(=O)N2C[C@H]3CC[C@@H]2CN(Cc2ccncc2)C3)cs1. The summed E-state index contributed by atoms with van der Waals surface area (Å²) in [5, 5.41) is 2.06. The van der Waals surface area contributed by atoms with Crippen LogP contribution < -0.4 is 0 Å². The molecule has 0 unspecified atom stereocenters. The minimum Gasteiger partial charge on any atom is -0.334 e. The number of aryl methyl sites for hydroxylation is 1. The highest BCUT2D eigenvalue weighted by Gasteiger charge is 2.37. The van der Waals surface area contributed by atoms with E-state index in [0.717, 1.165) is 51.0 Å². The van der Waals surface area contributed by atoms with Gasteiger partial charge in [0.1, 0.15) is 0 Å². The van der Waals surface area contributed by atoms with Crippen LogP contribution in [0, 0.1) is 5.92 Å². The fourth-order valence-electron chi connectivity index (χ4n) is 4.34. The highest BCUT2D eigenvalue weighted by molar-refractivity contribution is 7.10. The zero-order valence-electron chi connectivity index (χ0n) is 15.4. The predicted octanol–water partition coefficient (Wildman–Crippen LogP) is 3.83. The van der Waals surface area contributed by atoms with Crippen LogP contribution in [-0.4, -0.2) is 46.4 Å². The van der Waals surface area contributed by atoms with Crippen molar-refractivity contribution in [1.29, 1.82) is 0 Å². The van der Waals surface area contributed by atoms with Crippen molar-refractivity contribution in [2.24, 2.45) is 5.92 Å². The Bertz CT molecular complexity index is 745. The molecule has 0 saturated carbocycles. The second-order valence-corrected chi connectivity index (χ2v) is 8.65. The van der Waals surface area contributed by atoms with E-state index >= 15 is 0 Å². The lowest BCUT2D eigenvalue weighted by Crippen LogP contribution is -2.47. The molecule has 2 bridgehead atoms. The molecule has 0 radical (unpaired) electrons. The normalized spacial score (nSPS) is 23.2. The van der Waals surface area contributed by atoms with Gasteiger partial charge in [0.25, 0.3) is 5.91 Å². The summed E-state index contributed by atoms with van der Waals surface area (Å²) >= 11 is 1.73. The van der Waals surface area contributed by atoms with Gasteiger partial charge in [0.05, 0.1) is 5.56 Å². The molecule has 2 aromatic heterocycles. The third-order valence-electron chi connectivity index (χ3n) is 5.60. The monoisotopic (exact) mass is 369 g/mol. The molecule has 4 nitrogen and oxygen atoms in total. The Morgan fingerprint density at radius 1 is 1.23 bits per heavy atom. The lowest BCUT2D eigenvalue weighted by atomic mass is 9.94. The molecular formula is C21H27N3OS. The number of thiophene rings is 1. The molecule has 0 aliphatic carbocycles. The van der Waals surface area contributed by atoms with Crippen LogP contribution in [0.25, 0.3) is 0 Å². The van der Waals surface area contributed by atoms with Gasteiger partial charge < -0.3 is 4.90 Å². The summed E-state index contributed by atoms with van der Waals surface area (Å²) in [6.07, 6.45) is 8.31. The van der Waals surface area contributed by atoms with Crippen LogP contribution in [0.1, 0.15) is 47.0 Å². The van der Waals surface area contributed by atoms with Crippen molar-refractivity contribution in [3.63, 3.8) is 0 Å². The molecule has 3 saturated heterocycles. The highest BCUT2D eigenvalue weighted by atomic mass is 32.1. The third kappa shape index (κ3) is 3.84. The minimum atomic E-state index is 0.240. The lowest BCUT2D eigenvalue weighted by molar-refractivity contribution is 0.0585. The van der Waals surface area contributed by atoms with E-state index < -0.39 is 0 Å². The number of rotatable bonds is 5. The van der Waals surface area contributed by atoms with Gasteiger partial charge in [0.2, 0.25) is 0 Å². The van der Waals surface area contributed by atoms with Crippen LogP contribution in [0.15, 0.2) is 36.0 Å².